The molecular weight excluding hydrogens is 432 g/mol. The number of aromatic hydroxyl groups is 1. The van der Waals surface area contributed by atoms with Crippen LogP contribution in [0.5, 0.6) is 5.88 Å². The number of nitrogens with zero attached hydrogens (tertiary/aromatic N) is 2. The summed E-state index contributed by atoms with van der Waals surface area (Å²) < 4.78 is 24.9. The van der Waals surface area contributed by atoms with E-state index in [0.717, 1.165) is 38.4 Å². The average molecular weight is 459 g/mol. The number of benzene rings is 1. The van der Waals surface area contributed by atoms with E-state index >= 15 is 0 Å². The molecule has 1 aliphatic heterocycles. The van der Waals surface area contributed by atoms with Gasteiger partial charge >= 0.3 is 0 Å². The van der Waals surface area contributed by atoms with Crippen LogP contribution in [0.25, 0.3) is 22.2 Å². The highest BCUT2D eigenvalue weighted by Crippen LogP contribution is 2.36. The molecule has 4 N–H and O–H groups in total. The van der Waals surface area contributed by atoms with Gasteiger partial charge in [-0.3, -0.25) is 14.7 Å². The molecule has 3 aromatic rings. The van der Waals surface area contributed by atoms with Crippen LogP contribution in [0.2, 0.25) is 0 Å². The monoisotopic (exact) mass is 458 g/mol. The molecule has 1 saturated heterocycles. The van der Waals surface area contributed by atoms with Crippen LogP contribution < -0.4 is 5.32 Å². The second kappa shape index (κ2) is 10.2. The SMILES string of the molecule is O=C(NCCCS(=O)O)c1ccc2[nH]c(O)c(-c3ccc(CN4CCOCC4)cn3)c2c1. The lowest BCUT2D eigenvalue weighted by molar-refractivity contribution is 0.0341. The first-order chi connectivity index (χ1) is 15.5. The molecule has 0 spiro atoms. The third kappa shape index (κ3) is 5.33. The lowest BCUT2D eigenvalue weighted by atomic mass is 10.1. The maximum atomic E-state index is 12.5. The van der Waals surface area contributed by atoms with Crippen molar-refractivity contribution in [3.05, 3.63) is 47.7 Å². The van der Waals surface area contributed by atoms with E-state index in [1.807, 2.05) is 18.3 Å². The van der Waals surface area contributed by atoms with Gasteiger partial charge in [0, 0.05) is 48.8 Å². The van der Waals surface area contributed by atoms with Crippen molar-refractivity contribution in [2.75, 3.05) is 38.6 Å². The molecule has 0 bridgehead atoms. The number of fused-ring (bicyclic) bond motifs is 1. The lowest BCUT2D eigenvalue weighted by Gasteiger charge is -2.26. The fourth-order valence-electron chi connectivity index (χ4n) is 3.76. The number of rotatable bonds is 8. The topological polar surface area (TPSA) is 128 Å². The number of H-pyrrole nitrogens is 1. The summed E-state index contributed by atoms with van der Waals surface area (Å²) in [5.41, 5.74) is 3.38. The van der Waals surface area contributed by atoms with Gasteiger partial charge in [0.05, 0.1) is 30.2 Å². The van der Waals surface area contributed by atoms with E-state index in [1.54, 1.807) is 18.2 Å². The zero-order chi connectivity index (χ0) is 22.5. The van der Waals surface area contributed by atoms with Crippen LogP contribution in [-0.4, -0.2) is 73.2 Å². The minimum absolute atomic E-state index is 0.00332. The highest BCUT2D eigenvalue weighted by molar-refractivity contribution is 7.79. The number of pyridine rings is 1. The molecule has 10 heteroatoms. The number of ether oxygens (including phenoxy) is 1. The molecule has 9 nitrogen and oxygen atoms in total. The van der Waals surface area contributed by atoms with Crippen LogP contribution in [0.15, 0.2) is 36.5 Å². The molecule has 1 aliphatic rings. The number of nitrogens with one attached hydrogen (secondary N) is 2. The number of hydrogen-bond acceptors (Lipinski definition) is 6. The van der Waals surface area contributed by atoms with E-state index < -0.39 is 11.1 Å². The van der Waals surface area contributed by atoms with Gasteiger partial charge in [0.15, 0.2) is 17.0 Å². The van der Waals surface area contributed by atoms with Crippen LogP contribution >= 0.6 is 0 Å². The van der Waals surface area contributed by atoms with E-state index in [1.165, 1.54) is 0 Å². The van der Waals surface area contributed by atoms with E-state index in [2.05, 4.69) is 20.2 Å². The highest BCUT2D eigenvalue weighted by atomic mass is 32.2. The highest BCUT2D eigenvalue weighted by Gasteiger charge is 2.17. The molecule has 1 atom stereocenters. The van der Waals surface area contributed by atoms with E-state index in [9.17, 15) is 14.1 Å². The van der Waals surface area contributed by atoms with E-state index in [0.29, 0.717) is 40.7 Å². The Balaban J connectivity index is 1.51. The van der Waals surface area contributed by atoms with Crippen molar-refractivity contribution >= 4 is 27.9 Å². The molecule has 1 fully saturated rings. The molecular formula is C22H26N4O5S. The second-order valence-corrected chi connectivity index (χ2v) is 8.74. The van der Waals surface area contributed by atoms with Crippen LogP contribution in [0.3, 0.4) is 0 Å². The average Bonchev–Trinajstić information content (AvgIpc) is 3.12. The number of carbonyl (C=O) groups is 1. The van der Waals surface area contributed by atoms with Crippen LogP contribution in [0.4, 0.5) is 0 Å². The standard InChI is InChI=1S/C22H26N4O5S/c27-21(23-6-1-11-32(29)30)16-3-5-18-17(12-16)20(22(28)25-18)19-4-2-15(13-24-19)14-26-7-9-31-10-8-26/h2-5,12-13,25,28H,1,6-11,14H2,(H,23,27)(H,29,30). The maximum absolute atomic E-state index is 12.5. The minimum Gasteiger partial charge on any atom is -0.494 e. The summed E-state index contributed by atoms with van der Waals surface area (Å²) in [4.78, 5) is 22.3. The van der Waals surface area contributed by atoms with Gasteiger partial charge < -0.3 is 24.7 Å². The van der Waals surface area contributed by atoms with Crippen molar-refractivity contribution in [1.29, 1.82) is 0 Å². The summed E-state index contributed by atoms with van der Waals surface area (Å²) in [6.45, 7) is 4.38. The van der Waals surface area contributed by atoms with Crippen molar-refractivity contribution < 1.29 is 23.4 Å². The van der Waals surface area contributed by atoms with Gasteiger partial charge in [-0.1, -0.05) is 6.07 Å². The summed E-state index contributed by atoms with van der Waals surface area (Å²) >= 11 is -1.87. The van der Waals surface area contributed by atoms with Crippen LogP contribution in [0.1, 0.15) is 22.3 Å². The van der Waals surface area contributed by atoms with Crippen molar-refractivity contribution in [3.63, 3.8) is 0 Å². The molecule has 0 radical (unpaired) electrons. The number of aromatic nitrogens is 2. The van der Waals surface area contributed by atoms with Crippen molar-refractivity contribution in [2.24, 2.45) is 0 Å². The van der Waals surface area contributed by atoms with Gasteiger partial charge in [-0.05, 0) is 36.2 Å². The normalized spacial score (nSPS) is 15.7. The number of amides is 1. The molecule has 0 saturated carbocycles. The zero-order valence-electron chi connectivity index (χ0n) is 17.5. The summed E-state index contributed by atoms with van der Waals surface area (Å²) in [7, 11) is 0. The molecule has 170 valence electrons. The van der Waals surface area contributed by atoms with Gasteiger partial charge in [0.25, 0.3) is 5.91 Å². The quantitative estimate of drug-likeness (QED) is 0.301. The Bertz CT molecular complexity index is 1110. The lowest BCUT2D eigenvalue weighted by Crippen LogP contribution is -2.35. The first kappa shape index (κ1) is 22.4. The molecule has 4 rings (SSSR count). The van der Waals surface area contributed by atoms with Gasteiger partial charge in [-0.25, -0.2) is 4.21 Å². The molecule has 2 aromatic heterocycles. The van der Waals surface area contributed by atoms with Crippen molar-refractivity contribution in [1.82, 2.24) is 20.2 Å². The van der Waals surface area contributed by atoms with Crippen molar-refractivity contribution in [2.45, 2.75) is 13.0 Å². The van der Waals surface area contributed by atoms with Gasteiger partial charge in [-0.15, -0.1) is 0 Å². The molecule has 0 aliphatic carbocycles. The first-order valence-electron chi connectivity index (χ1n) is 10.5. The first-order valence-corrected chi connectivity index (χ1v) is 11.7. The number of hydrogen-bond donors (Lipinski definition) is 4. The Hall–Kier alpha value is -2.79. The maximum Gasteiger partial charge on any atom is 0.251 e. The Morgan fingerprint density at radius 2 is 2.06 bits per heavy atom. The van der Waals surface area contributed by atoms with Crippen LogP contribution in [0, 0.1) is 0 Å². The number of aromatic amines is 1. The zero-order valence-corrected chi connectivity index (χ0v) is 18.4. The smallest absolute Gasteiger partial charge is 0.251 e. The molecule has 1 amide bonds. The molecule has 3 heterocycles. The van der Waals surface area contributed by atoms with Gasteiger partial charge in [0.2, 0.25) is 0 Å². The largest absolute Gasteiger partial charge is 0.494 e. The summed E-state index contributed by atoms with van der Waals surface area (Å²) in [5, 5.41) is 13.9. The fourth-order valence-corrected chi connectivity index (χ4v) is 4.15. The second-order valence-electron chi connectivity index (χ2n) is 7.68. The Kier molecular flexibility index (Phi) is 7.15. The number of morpholine rings is 1. The van der Waals surface area contributed by atoms with E-state index in [4.69, 9.17) is 9.29 Å². The third-order valence-electron chi connectivity index (χ3n) is 5.41. The minimum atomic E-state index is -1.87. The Morgan fingerprint density at radius 1 is 1.25 bits per heavy atom. The van der Waals surface area contributed by atoms with Crippen LogP contribution in [-0.2, 0) is 22.4 Å². The Labute approximate surface area is 188 Å². The predicted molar refractivity (Wildman–Crippen MR) is 122 cm³/mol. The van der Waals surface area contributed by atoms with E-state index in [-0.39, 0.29) is 17.5 Å². The third-order valence-corrected chi connectivity index (χ3v) is 6.05. The molecule has 1 unspecified atom stereocenters. The summed E-state index contributed by atoms with van der Waals surface area (Å²) in [5.74, 6) is -0.171. The van der Waals surface area contributed by atoms with Gasteiger partial charge in [-0.2, -0.15) is 0 Å². The number of carbonyl (C=O) groups excluding carboxylic acids is 1. The summed E-state index contributed by atoms with van der Waals surface area (Å²) in [6.07, 6.45) is 2.22. The predicted octanol–water partition coefficient (Wildman–Crippen LogP) is 2.11. The van der Waals surface area contributed by atoms with Crippen molar-refractivity contribution in [3.8, 4) is 17.1 Å². The van der Waals surface area contributed by atoms with Gasteiger partial charge in [0.1, 0.15) is 0 Å². The summed E-state index contributed by atoms with van der Waals surface area (Å²) in [6, 6.07) is 8.99. The molecule has 32 heavy (non-hydrogen) atoms. The Morgan fingerprint density at radius 3 is 2.78 bits per heavy atom. The fraction of sp³-hybridized carbons (Fsp3) is 0.364. The molecule has 1 aromatic carbocycles.